The SMILES string of the molecule is C=CCC(NC(=O)CC(C)C1CCCNC1)C(=O)O. The number of carboxylic acid groups (broad SMARTS) is 1. The summed E-state index contributed by atoms with van der Waals surface area (Å²) in [6.45, 7) is 7.56. The minimum atomic E-state index is -1.01. The Kier molecular flexibility index (Phi) is 6.56. The smallest absolute Gasteiger partial charge is 0.326 e. The normalized spacial score (nSPS) is 22.3. The zero-order valence-electron chi connectivity index (χ0n) is 11.5. The first-order valence-corrected chi connectivity index (χ1v) is 6.88. The Bertz CT molecular complexity index is 325. The van der Waals surface area contributed by atoms with Crippen LogP contribution in [0.25, 0.3) is 0 Å². The topological polar surface area (TPSA) is 78.4 Å². The van der Waals surface area contributed by atoms with Crippen molar-refractivity contribution in [1.82, 2.24) is 10.6 Å². The highest BCUT2D eigenvalue weighted by atomic mass is 16.4. The molecule has 1 heterocycles. The van der Waals surface area contributed by atoms with Crippen LogP contribution in [-0.4, -0.2) is 36.1 Å². The monoisotopic (exact) mass is 268 g/mol. The molecule has 0 radical (unpaired) electrons. The molecule has 1 fully saturated rings. The third kappa shape index (κ3) is 5.42. The van der Waals surface area contributed by atoms with Crippen LogP contribution in [0.2, 0.25) is 0 Å². The van der Waals surface area contributed by atoms with Crippen LogP contribution in [0.15, 0.2) is 12.7 Å². The van der Waals surface area contributed by atoms with Gasteiger partial charge >= 0.3 is 5.97 Å². The quantitative estimate of drug-likeness (QED) is 0.605. The van der Waals surface area contributed by atoms with E-state index < -0.39 is 12.0 Å². The van der Waals surface area contributed by atoms with Gasteiger partial charge in [0, 0.05) is 6.42 Å². The van der Waals surface area contributed by atoms with E-state index in [4.69, 9.17) is 5.11 Å². The standard InChI is InChI=1S/C14H24N2O3/c1-3-5-12(14(18)19)16-13(17)8-10(2)11-6-4-7-15-9-11/h3,10-12,15H,1,4-9H2,2H3,(H,16,17)(H,18,19). The van der Waals surface area contributed by atoms with Gasteiger partial charge in [0.15, 0.2) is 0 Å². The number of rotatable bonds is 7. The van der Waals surface area contributed by atoms with Crippen molar-refractivity contribution in [3.8, 4) is 0 Å². The van der Waals surface area contributed by atoms with Crippen LogP contribution in [0, 0.1) is 11.8 Å². The van der Waals surface area contributed by atoms with Crippen LogP contribution in [0.4, 0.5) is 0 Å². The Balaban J connectivity index is 2.40. The molecule has 1 saturated heterocycles. The summed E-state index contributed by atoms with van der Waals surface area (Å²) in [6.07, 6.45) is 4.42. The van der Waals surface area contributed by atoms with Gasteiger partial charge in [-0.2, -0.15) is 0 Å². The molecule has 3 atom stereocenters. The van der Waals surface area contributed by atoms with Gasteiger partial charge in [-0.05, 0) is 44.2 Å². The van der Waals surface area contributed by atoms with E-state index in [1.165, 1.54) is 6.08 Å². The minimum Gasteiger partial charge on any atom is -0.480 e. The summed E-state index contributed by atoms with van der Waals surface area (Å²) in [4.78, 5) is 22.8. The van der Waals surface area contributed by atoms with Crippen molar-refractivity contribution in [1.29, 1.82) is 0 Å². The van der Waals surface area contributed by atoms with Crippen molar-refractivity contribution >= 4 is 11.9 Å². The zero-order valence-corrected chi connectivity index (χ0v) is 11.5. The summed E-state index contributed by atoms with van der Waals surface area (Å²) >= 11 is 0. The van der Waals surface area contributed by atoms with Crippen molar-refractivity contribution < 1.29 is 14.7 Å². The van der Waals surface area contributed by atoms with E-state index in [0.717, 1.165) is 25.9 Å². The maximum Gasteiger partial charge on any atom is 0.326 e. The molecule has 0 bridgehead atoms. The molecule has 5 heteroatoms. The second kappa shape index (κ2) is 7.94. The van der Waals surface area contributed by atoms with E-state index >= 15 is 0 Å². The highest BCUT2D eigenvalue weighted by molar-refractivity contribution is 5.83. The summed E-state index contributed by atoms with van der Waals surface area (Å²) in [5.41, 5.74) is 0. The van der Waals surface area contributed by atoms with E-state index in [0.29, 0.717) is 12.3 Å². The third-order valence-corrected chi connectivity index (χ3v) is 3.68. The maximum absolute atomic E-state index is 11.9. The molecule has 0 saturated carbocycles. The summed E-state index contributed by atoms with van der Waals surface area (Å²) in [5.74, 6) is -0.430. The predicted molar refractivity (Wildman–Crippen MR) is 73.8 cm³/mol. The largest absolute Gasteiger partial charge is 0.480 e. The predicted octanol–water partition coefficient (Wildman–Crippen LogP) is 1.16. The zero-order chi connectivity index (χ0) is 14.3. The molecule has 3 unspecified atom stereocenters. The highest BCUT2D eigenvalue weighted by Crippen LogP contribution is 2.22. The molecule has 1 aliphatic rings. The van der Waals surface area contributed by atoms with Gasteiger partial charge in [0.1, 0.15) is 6.04 Å². The molecule has 0 aromatic carbocycles. The van der Waals surface area contributed by atoms with Gasteiger partial charge < -0.3 is 15.7 Å². The number of hydrogen-bond donors (Lipinski definition) is 3. The Morgan fingerprint density at radius 2 is 2.32 bits per heavy atom. The average molecular weight is 268 g/mol. The Morgan fingerprint density at radius 3 is 2.84 bits per heavy atom. The lowest BCUT2D eigenvalue weighted by Crippen LogP contribution is -2.42. The van der Waals surface area contributed by atoms with Gasteiger partial charge in [-0.15, -0.1) is 6.58 Å². The second-order valence-corrected chi connectivity index (χ2v) is 5.27. The lowest BCUT2D eigenvalue weighted by atomic mass is 9.85. The van der Waals surface area contributed by atoms with Gasteiger partial charge in [0.2, 0.25) is 5.91 Å². The second-order valence-electron chi connectivity index (χ2n) is 5.27. The van der Waals surface area contributed by atoms with Crippen LogP contribution in [-0.2, 0) is 9.59 Å². The lowest BCUT2D eigenvalue weighted by Gasteiger charge is -2.28. The van der Waals surface area contributed by atoms with Gasteiger partial charge in [-0.25, -0.2) is 4.79 Å². The number of carbonyl (C=O) groups is 2. The lowest BCUT2D eigenvalue weighted by molar-refractivity contribution is -0.141. The molecule has 1 aliphatic heterocycles. The van der Waals surface area contributed by atoms with E-state index in [9.17, 15) is 9.59 Å². The van der Waals surface area contributed by atoms with E-state index in [1.54, 1.807) is 0 Å². The maximum atomic E-state index is 11.9. The first-order chi connectivity index (χ1) is 9.04. The molecule has 0 aromatic heterocycles. The van der Waals surface area contributed by atoms with Crippen LogP contribution >= 0.6 is 0 Å². The molecule has 1 rings (SSSR count). The summed E-state index contributed by atoms with van der Waals surface area (Å²) in [7, 11) is 0. The number of hydrogen-bond acceptors (Lipinski definition) is 3. The molecular weight excluding hydrogens is 244 g/mol. The first kappa shape index (κ1) is 15.7. The summed E-state index contributed by atoms with van der Waals surface area (Å²) < 4.78 is 0. The number of amides is 1. The van der Waals surface area contributed by atoms with Crippen LogP contribution in [0.5, 0.6) is 0 Å². The van der Waals surface area contributed by atoms with Crippen molar-refractivity contribution in [3.63, 3.8) is 0 Å². The molecular formula is C14H24N2O3. The Hall–Kier alpha value is -1.36. The van der Waals surface area contributed by atoms with Crippen LogP contribution in [0.1, 0.15) is 32.6 Å². The highest BCUT2D eigenvalue weighted by Gasteiger charge is 2.24. The minimum absolute atomic E-state index is 0.188. The number of nitrogens with one attached hydrogen (secondary N) is 2. The first-order valence-electron chi connectivity index (χ1n) is 6.88. The van der Waals surface area contributed by atoms with E-state index in [1.807, 2.05) is 0 Å². The Morgan fingerprint density at radius 1 is 1.58 bits per heavy atom. The molecule has 0 aromatic rings. The van der Waals surface area contributed by atoms with Crippen LogP contribution < -0.4 is 10.6 Å². The van der Waals surface area contributed by atoms with E-state index in [-0.39, 0.29) is 18.2 Å². The number of carboxylic acids is 1. The van der Waals surface area contributed by atoms with Gasteiger partial charge in [0.25, 0.3) is 0 Å². The number of aliphatic carboxylic acids is 1. The Labute approximate surface area is 114 Å². The van der Waals surface area contributed by atoms with Crippen molar-refractivity contribution in [3.05, 3.63) is 12.7 Å². The number of piperidine rings is 1. The molecule has 0 aliphatic carbocycles. The van der Waals surface area contributed by atoms with E-state index in [2.05, 4.69) is 24.1 Å². The number of carbonyl (C=O) groups excluding carboxylic acids is 1. The van der Waals surface area contributed by atoms with Crippen LogP contribution in [0.3, 0.4) is 0 Å². The molecule has 1 amide bonds. The molecule has 19 heavy (non-hydrogen) atoms. The molecule has 3 N–H and O–H groups in total. The summed E-state index contributed by atoms with van der Waals surface area (Å²) in [5, 5.41) is 14.9. The average Bonchev–Trinajstić information content (AvgIpc) is 2.39. The van der Waals surface area contributed by atoms with Gasteiger partial charge in [-0.1, -0.05) is 13.0 Å². The fourth-order valence-corrected chi connectivity index (χ4v) is 2.46. The van der Waals surface area contributed by atoms with Gasteiger partial charge in [0.05, 0.1) is 0 Å². The fourth-order valence-electron chi connectivity index (χ4n) is 2.46. The molecule has 0 spiro atoms. The molecule has 108 valence electrons. The van der Waals surface area contributed by atoms with Gasteiger partial charge in [-0.3, -0.25) is 4.79 Å². The third-order valence-electron chi connectivity index (χ3n) is 3.68. The van der Waals surface area contributed by atoms with Crippen molar-refractivity contribution in [2.45, 2.75) is 38.6 Å². The van der Waals surface area contributed by atoms with Crippen molar-refractivity contribution in [2.24, 2.45) is 11.8 Å². The fraction of sp³-hybridized carbons (Fsp3) is 0.714. The van der Waals surface area contributed by atoms with Crippen molar-refractivity contribution in [2.75, 3.05) is 13.1 Å². The summed E-state index contributed by atoms with van der Waals surface area (Å²) in [6, 6.07) is -0.860. The molecule has 5 nitrogen and oxygen atoms in total.